The molecule has 3 rings (SSSR count). The van der Waals surface area contributed by atoms with Crippen LogP contribution in [0.5, 0.6) is 5.75 Å². The number of rotatable bonds is 7. The number of hydrogen-bond donors (Lipinski definition) is 2. The number of methoxy groups -OCH3 is 1. The molecule has 144 valence electrons. The number of anilines is 1. The second-order valence-corrected chi connectivity index (χ2v) is 8.76. The highest BCUT2D eigenvalue weighted by atomic mass is 35.5. The lowest BCUT2D eigenvalue weighted by Crippen LogP contribution is -2.26. The Balaban J connectivity index is 1.78. The number of nitrogens with one attached hydrogen (secondary N) is 2. The van der Waals surface area contributed by atoms with Crippen LogP contribution in [0.4, 0.5) is 5.69 Å². The van der Waals surface area contributed by atoms with Crippen LogP contribution in [0.2, 0.25) is 10.0 Å². The first kappa shape index (κ1) is 19.9. The van der Waals surface area contributed by atoms with Crippen LogP contribution in [0, 0.1) is 0 Å². The zero-order valence-electron chi connectivity index (χ0n) is 14.5. The van der Waals surface area contributed by atoms with Crippen molar-refractivity contribution in [2.24, 2.45) is 0 Å². The number of ether oxygens (including phenoxy) is 1. The molecule has 0 saturated heterocycles. The van der Waals surface area contributed by atoms with Crippen molar-refractivity contribution in [1.82, 2.24) is 4.72 Å². The predicted molar refractivity (Wildman–Crippen MR) is 105 cm³/mol. The quantitative estimate of drug-likeness (QED) is 0.704. The molecular formula is C18H18Cl2N2O4S. The Morgan fingerprint density at radius 3 is 2.52 bits per heavy atom. The van der Waals surface area contributed by atoms with E-state index in [2.05, 4.69) is 10.0 Å². The molecule has 0 radical (unpaired) electrons. The smallest absolute Gasteiger partial charge is 0.240 e. The van der Waals surface area contributed by atoms with Crippen LogP contribution in [0.15, 0.2) is 41.3 Å². The number of hydrogen-bond acceptors (Lipinski definition) is 4. The number of amides is 1. The summed E-state index contributed by atoms with van der Waals surface area (Å²) in [6.07, 6.45) is 1.72. The Hall–Kier alpha value is -1.80. The molecule has 1 amide bonds. The second kappa shape index (κ2) is 8.06. The van der Waals surface area contributed by atoms with Crippen molar-refractivity contribution in [2.45, 2.75) is 30.2 Å². The molecule has 0 heterocycles. The first-order chi connectivity index (χ1) is 12.8. The van der Waals surface area contributed by atoms with Gasteiger partial charge in [-0.05, 0) is 48.7 Å². The molecule has 9 heteroatoms. The molecule has 6 nitrogen and oxygen atoms in total. The molecule has 2 aromatic carbocycles. The number of halogens is 2. The number of carbonyl (C=O) groups is 1. The van der Waals surface area contributed by atoms with Gasteiger partial charge < -0.3 is 10.1 Å². The summed E-state index contributed by atoms with van der Waals surface area (Å²) in [4.78, 5) is 12.5. The summed E-state index contributed by atoms with van der Waals surface area (Å²) in [7, 11) is -2.19. The van der Waals surface area contributed by atoms with Crippen molar-refractivity contribution in [1.29, 1.82) is 0 Å². The van der Waals surface area contributed by atoms with Gasteiger partial charge in [-0.15, -0.1) is 0 Å². The van der Waals surface area contributed by atoms with Gasteiger partial charge in [0.05, 0.1) is 34.2 Å². The van der Waals surface area contributed by atoms with Crippen molar-refractivity contribution in [3.05, 3.63) is 52.0 Å². The van der Waals surface area contributed by atoms with E-state index in [0.29, 0.717) is 21.4 Å². The van der Waals surface area contributed by atoms with E-state index < -0.39 is 10.0 Å². The van der Waals surface area contributed by atoms with Crippen LogP contribution in [-0.2, 0) is 21.2 Å². The summed E-state index contributed by atoms with van der Waals surface area (Å²) >= 11 is 11.8. The Labute approximate surface area is 167 Å². The van der Waals surface area contributed by atoms with Crippen LogP contribution >= 0.6 is 23.2 Å². The largest absolute Gasteiger partial charge is 0.495 e. The predicted octanol–water partition coefficient (Wildman–Crippen LogP) is 3.62. The van der Waals surface area contributed by atoms with E-state index in [4.69, 9.17) is 27.9 Å². The molecule has 0 spiro atoms. The van der Waals surface area contributed by atoms with E-state index in [9.17, 15) is 13.2 Å². The highest BCUT2D eigenvalue weighted by molar-refractivity contribution is 7.89. The normalized spacial score (nSPS) is 14.0. The third-order valence-electron chi connectivity index (χ3n) is 4.00. The highest BCUT2D eigenvalue weighted by Gasteiger charge is 2.28. The molecular weight excluding hydrogens is 411 g/mol. The summed E-state index contributed by atoms with van der Waals surface area (Å²) < 4.78 is 32.6. The van der Waals surface area contributed by atoms with E-state index in [1.165, 1.54) is 25.3 Å². The first-order valence-corrected chi connectivity index (χ1v) is 10.5. The Morgan fingerprint density at radius 1 is 1.15 bits per heavy atom. The molecule has 2 aromatic rings. The lowest BCUT2D eigenvalue weighted by atomic mass is 10.1. The van der Waals surface area contributed by atoms with E-state index in [1.54, 1.807) is 18.2 Å². The van der Waals surface area contributed by atoms with Crippen LogP contribution in [0.25, 0.3) is 0 Å². The molecule has 27 heavy (non-hydrogen) atoms. The third kappa shape index (κ3) is 5.13. The first-order valence-electron chi connectivity index (χ1n) is 8.22. The van der Waals surface area contributed by atoms with Crippen molar-refractivity contribution in [2.75, 3.05) is 12.4 Å². The van der Waals surface area contributed by atoms with Crippen molar-refractivity contribution in [3.8, 4) is 5.75 Å². The minimum absolute atomic E-state index is 0.00945. The molecule has 1 fully saturated rings. The summed E-state index contributed by atoms with van der Waals surface area (Å²) in [6.45, 7) is 0. The van der Waals surface area contributed by atoms with Gasteiger partial charge in [0.1, 0.15) is 5.75 Å². The van der Waals surface area contributed by atoms with Gasteiger partial charge >= 0.3 is 0 Å². The van der Waals surface area contributed by atoms with Gasteiger partial charge in [-0.1, -0.05) is 29.3 Å². The molecule has 0 unspecified atom stereocenters. The van der Waals surface area contributed by atoms with Crippen LogP contribution in [0.3, 0.4) is 0 Å². The van der Waals surface area contributed by atoms with E-state index in [-0.39, 0.29) is 29.0 Å². The molecule has 1 saturated carbocycles. The van der Waals surface area contributed by atoms with Crippen LogP contribution < -0.4 is 14.8 Å². The maximum Gasteiger partial charge on any atom is 0.240 e. The fourth-order valence-corrected chi connectivity index (χ4v) is 4.12. The number of benzene rings is 2. The average molecular weight is 429 g/mol. The zero-order valence-corrected chi connectivity index (χ0v) is 16.8. The summed E-state index contributed by atoms with van der Waals surface area (Å²) in [5, 5.41) is 3.46. The Morgan fingerprint density at radius 2 is 1.89 bits per heavy atom. The van der Waals surface area contributed by atoms with Crippen LogP contribution in [0.1, 0.15) is 18.4 Å². The average Bonchev–Trinajstić information content (AvgIpc) is 3.41. The highest BCUT2D eigenvalue weighted by Crippen LogP contribution is 2.29. The van der Waals surface area contributed by atoms with Gasteiger partial charge in [0, 0.05) is 6.04 Å². The molecule has 2 N–H and O–H groups in total. The molecule has 1 aliphatic carbocycles. The van der Waals surface area contributed by atoms with Crippen LogP contribution in [-0.4, -0.2) is 27.5 Å². The van der Waals surface area contributed by atoms with Gasteiger partial charge in [0.2, 0.25) is 15.9 Å². The maximum atomic E-state index is 12.4. The molecule has 1 aliphatic rings. The van der Waals surface area contributed by atoms with E-state index in [1.807, 2.05) is 0 Å². The minimum atomic E-state index is -3.64. The molecule has 0 aliphatic heterocycles. The van der Waals surface area contributed by atoms with Gasteiger partial charge in [-0.2, -0.15) is 0 Å². The van der Waals surface area contributed by atoms with Crippen molar-refractivity contribution >= 4 is 44.8 Å². The maximum absolute atomic E-state index is 12.4. The lowest BCUT2D eigenvalue weighted by Gasteiger charge is -2.13. The van der Waals surface area contributed by atoms with E-state index >= 15 is 0 Å². The standard InChI is InChI=1S/C18H18Cl2N2O4S/c1-26-17-7-5-13(27(24,25)22-12-3-4-12)10-16(17)21-18(23)9-11-2-6-14(19)15(20)8-11/h2,5-8,10,12,22H,3-4,9H2,1H3,(H,21,23). The summed E-state index contributed by atoms with van der Waals surface area (Å²) in [5.41, 5.74) is 0.960. The summed E-state index contributed by atoms with van der Waals surface area (Å²) in [6, 6.07) is 9.26. The fraction of sp³-hybridized carbons (Fsp3) is 0.278. The monoisotopic (exact) mass is 428 g/mol. The SMILES string of the molecule is COc1ccc(S(=O)(=O)NC2CC2)cc1NC(=O)Cc1ccc(Cl)c(Cl)c1. The topological polar surface area (TPSA) is 84.5 Å². The van der Waals surface area contributed by atoms with Crippen molar-refractivity contribution in [3.63, 3.8) is 0 Å². The zero-order chi connectivity index (χ0) is 19.6. The number of carbonyl (C=O) groups excluding carboxylic acids is 1. The van der Waals surface area contributed by atoms with Gasteiger partial charge in [0.15, 0.2) is 0 Å². The summed E-state index contributed by atoms with van der Waals surface area (Å²) in [5.74, 6) is 0.0271. The fourth-order valence-electron chi connectivity index (χ4n) is 2.47. The van der Waals surface area contributed by atoms with Gasteiger partial charge in [0.25, 0.3) is 0 Å². The van der Waals surface area contributed by atoms with Gasteiger partial charge in [-0.25, -0.2) is 13.1 Å². The second-order valence-electron chi connectivity index (χ2n) is 6.23. The van der Waals surface area contributed by atoms with E-state index in [0.717, 1.165) is 12.8 Å². The molecule has 0 atom stereocenters. The molecule has 0 aromatic heterocycles. The Bertz CT molecular complexity index is 975. The Kier molecular flexibility index (Phi) is 5.95. The minimum Gasteiger partial charge on any atom is -0.495 e. The number of sulfonamides is 1. The van der Waals surface area contributed by atoms with Gasteiger partial charge in [-0.3, -0.25) is 4.79 Å². The van der Waals surface area contributed by atoms with Crippen molar-refractivity contribution < 1.29 is 17.9 Å². The lowest BCUT2D eigenvalue weighted by molar-refractivity contribution is -0.115. The molecule has 0 bridgehead atoms. The third-order valence-corrected chi connectivity index (χ3v) is 6.26.